The maximum absolute atomic E-state index is 6.04. The molecule has 8 heteroatoms. The van der Waals surface area contributed by atoms with Crippen molar-refractivity contribution in [2.24, 2.45) is 7.05 Å². The highest BCUT2D eigenvalue weighted by Crippen LogP contribution is 2.32. The minimum atomic E-state index is 0.165. The molecule has 0 aromatic carbocycles. The van der Waals surface area contributed by atoms with Crippen LogP contribution >= 0.6 is 11.6 Å². The highest BCUT2D eigenvalue weighted by atomic mass is 35.5. The van der Waals surface area contributed by atoms with Crippen LogP contribution in [-0.4, -0.2) is 49.4 Å². The molecule has 1 aliphatic heterocycles. The van der Waals surface area contributed by atoms with Crippen LogP contribution in [0.1, 0.15) is 24.1 Å². The maximum atomic E-state index is 6.04. The first-order chi connectivity index (χ1) is 9.69. The minimum Gasteiger partial charge on any atom is -0.380 e. The molecule has 0 saturated carbocycles. The maximum Gasteiger partial charge on any atom is 0.141 e. The molecule has 2 aromatic rings. The Kier molecular flexibility index (Phi) is 3.73. The van der Waals surface area contributed by atoms with Gasteiger partial charge in [-0.15, -0.1) is 0 Å². The van der Waals surface area contributed by atoms with Gasteiger partial charge in [-0.2, -0.15) is 5.10 Å². The van der Waals surface area contributed by atoms with Crippen LogP contribution in [-0.2, 0) is 18.3 Å². The average molecular weight is 297 g/mol. The number of H-pyrrole nitrogens is 1. The van der Waals surface area contributed by atoms with E-state index in [-0.39, 0.29) is 12.1 Å². The summed E-state index contributed by atoms with van der Waals surface area (Å²) >= 11 is 6.04. The van der Waals surface area contributed by atoms with Gasteiger partial charge in [0.25, 0.3) is 0 Å². The molecule has 0 radical (unpaired) electrons. The van der Waals surface area contributed by atoms with Crippen LogP contribution in [0.2, 0.25) is 5.15 Å². The summed E-state index contributed by atoms with van der Waals surface area (Å²) in [5.41, 5.74) is 0. The molecule has 20 heavy (non-hydrogen) atoms. The van der Waals surface area contributed by atoms with Gasteiger partial charge in [0.2, 0.25) is 0 Å². The largest absolute Gasteiger partial charge is 0.380 e. The summed E-state index contributed by atoms with van der Waals surface area (Å²) in [6, 6.07) is 0.165. The van der Waals surface area contributed by atoms with Crippen LogP contribution < -0.4 is 0 Å². The van der Waals surface area contributed by atoms with Crippen molar-refractivity contribution in [2.75, 3.05) is 13.7 Å². The predicted octanol–water partition coefficient (Wildman–Crippen LogP) is 1.15. The van der Waals surface area contributed by atoms with Crippen molar-refractivity contribution in [3.8, 4) is 0 Å². The Balaban J connectivity index is 1.81. The standard InChI is InChI=1S/C12H17ClN6O/c1-18-10(13)4-14-11(18)6-19-5-8(20-2)3-9(19)12-15-7-16-17-12/h4,7-9H,3,5-6H2,1-2H3,(H,15,16,17)/t8-,9+/m1/s1. The number of likely N-dealkylation sites (tertiary alicyclic amines) is 1. The van der Waals surface area contributed by atoms with Gasteiger partial charge in [0.05, 0.1) is 24.9 Å². The lowest BCUT2D eigenvalue weighted by Crippen LogP contribution is -2.26. The molecular weight excluding hydrogens is 280 g/mol. The molecule has 0 bridgehead atoms. The summed E-state index contributed by atoms with van der Waals surface area (Å²) in [5, 5.41) is 7.52. The smallest absolute Gasteiger partial charge is 0.141 e. The molecule has 1 aliphatic rings. The Bertz CT molecular complexity index is 569. The van der Waals surface area contributed by atoms with E-state index in [2.05, 4.69) is 25.1 Å². The molecule has 2 atom stereocenters. The fraction of sp³-hybridized carbons (Fsp3) is 0.583. The zero-order valence-corrected chi connectivity index (χ0v) is 12.2. The highest BCUT2D eigenvalue weighted by Gasteiger charge is 2.35. The number of imidazole rings is 1. The molecule has 108 valence electrons. The second-order valence-corrected chi connectivity index (χ2v) is 5.35. The van der Waals surface area contributed by atoms with Gasteiger partial charge in [-0.05, 0) is 6.42 Å². The number of methoxy groups -OCH3 is 1. The monoisotopic (exact) mass is 296 g/mol. The fourth-order valence-corrected chi connectivity index (χ4v) is 2.77. The lowest BCUT2D eigenvalue weighted by molar-refractivity contribution is 0.106. The van der Waals surface area contributed by atoms with Crippen molar-refractivity contribution in [1.29, 1.82) is 0 Å². The number of aromatic amines is 1. The zero-order chi connectivity index (χ0) is 14.1. The SMILES string of the molecule is CO[C@@H]1C[C@@H](c2ncn[nH]2)N(Cc2ncc(Cl)n2C)C1. The van der Waals surface area contributed by atoms with Crippen molar-refractivity contribution in [3.63, 3.8) is 0 Å². The Labute approximate surface area is 121 Å². The van der Waals surface area contributed by atoms with E-state index >= 15 is 0 Å². The van der Waals surface area contributed by atoms with Crippen LogP contribution in [0.3, 0.4) is 0 Å². The van der Waals surface area contributed by atoms with E-state index in [0.29, 0.717) is 11.7 Å². The Morgan fingerprint density at radius 3 is 2.95 bits per heavy atom. The second kappa shape index (κ2) is 5.51. The lowest BCUT2D eigenvalue weighted by atomic mass is 10.2. The summed E-state index contributed by atoms with van der Waals surface area (Å²) < 4.78 is 7.37. The quantitative estimate of drug-likeness (QED) is 0.916. The van der Waals surface area contributed by atoms with E-state index < -0.39 is 0 Å². The van der Waals surface area contributed by atoms with Gasteiger partial charge in [0.15, 0.2) is 0 Å². The van der Waals surface area contributed by atoms with Crippen molar-refractivity contribution < 1.29 is 4.74 Å². The van der Waals surface area contributed by atoms with Crippen molar-refractivity contribution in [1.82, 2.24) is 29.6 Å². The van der Waals surface area contributed by atoms with Gasteiger partial charge >= 0.3 is 0 Å². The summed E-state index contributed by atoms with van der Waals surface area (Å²) in [4.78, 5) is 10.9. The van der Waals surface area contributed by atoms with E-state index in [0.717, 1.165) is 24.6 Å². The van der Waals surface area contributed by atoms with Crippen molar-refractivity contribution in [3.05, 3.63) is 29.3 Å². The second-order valence-electron chi connectivity index (χ2n) is 4.97. The summed E-state index contributed by atoms with van der Waals surface area (Å²) in [7, 11) is 3.65. The fourth-order valence-electron chi connectivity index (χ4n) is 2.62. The van der Waals surface area contributed by atoms with Gasteiger partial charge in [-0.25, -0.2) is 9.97 Å². The highest BCUT2D eigenvalue weighted by molar-refractivity contribution is 6.29. The molecule has 0 unspecified atom stereocenters. The number of nitrogens with zero attached hydrogens (tertiary/aromatic N) is 5. The number of aromatic nitrogens is 5. The van der Waals surface area contributed by atoms with Gasteiger partial charge in [0.1, 0.15) is 23.1 Å². The van der Waals surface area contributed by atoms with E-state index in [1.54, 1.807) is 13.3 Å². The molecule has 1 N–H and O–H groups in total. The van der Waals surface area contributed by atoms with E-state index in [4.69, 9.17) is 16.3 Å². The molecule has 1 fully saturated rings. The molecule has 3 heterocycles. The van der Waals surface area contributed by atoms with Crippen LogP contribution in [0.5, 0.6) is 0 Å². The molecule has 0 amide bonds. The molecule has 0 aliphatic carbocycles. The third kappa shape index (κ3) is 2.44. The summed E-state index contributed by atoms with van der Waals surface area (Å²) in [6.07, 6.45) is 4.29. The first-order valence-electron chi connectivity index (χ1n) is 6.47. The van der Waals surface area contributed by atoms with Crippen molar-refractivity contribution in [2.45, 2.75) is 25.1 Å². The first kappa shape index (κ1) is 13.5. The Morgan fingerprint density at radius 1 is 1.50 bits per heavy atom. The molecule has 2 aromatic heterocycles. The number of ether oxygens (including phenoxy) is 1. The van der Waals surface area contributed by atoms with Crippen LogP contribution in [0.25, 0.3) is 0 Å². The Morgan fingerprint density at radius 2 is 2.35 bits per heavy atom. The molecule has 0 spiro atoms. The van der Waals surface area contributed by atoms with Crippen LogP contribution in [0, 0.1) is 0 Å². The minimum absolute atomic E-state index is 0.165. The number of halogens is 1. The molecule has 1 saturated heterocycles. The van der Waals surface area contributed by atoms with E-state index in [9.17, 15) is 0 Å². The average Bonchev–Trinajstić information content (AvgIpc) is 3.15. The topological polar surface area (TPSA) is 71.9 Å². The van der Waals surface area contributed by atoms with Gasteiger partial charge in [-0.1, -0.05) is 11.6 Å². The van der Waals surface area contributed by atoms with Gasteiger partial charge in [0, 0.05) is 20.7 Å². The third-order valence-electron chi connectivity index (χ3n) is 3.82. The molecule has 3 rings (SSSR count). The third-order valence-corrected chi connectivity index (χ3v) is 4.17. The number of rotatable bonds is 4. The number of hydrogen-bond donors (Lipinski definition) is 1. The summed E-state index contributed by atoms with van der Waals surface area (Å²) in [5.74, 6) is 1.79. The van der Waals surface area contributed by atoms with Gasteiger partial charge in [-0.3, -0.25) is 10.00 Å². The van der Waals surface area contributed by atoms with E-state index in [1.165, 1.54) is 6.33 Å². The van der Waals surface area contributed by atoms with E-state index in [1.807, 2.05) is 11.6 Å². The zero-order valence-electron chi connectivity index (χ0n) is 11.5. The van der Waals surface area contributed by atoms with Crippen LogP contribution in [0.4, 0.5) is 0 Å². The van der Waals surface area contributed by atoms with Gasteiger partial charge < -0.3 is 9.30 Å². The van der Waals surface area contributed by atoms with Crippen molar-refractivity contribution >= 4 is 11.6 Å². The molecular formula is C12H17ClN6O. The lowest BCUT2D eigenvalue weighted by Gasteiger charge is -2.21. The Hall–Kier alpha value is -1.44. The molecule has 7 nitrogen and oxygen atoms in total. The number of nitrogens with one attached hydrogen (secondary N) is 1. The van der Waals surface area contributed by atoms with Crippen LogP contribution in [0.15, 0.2) is 12.5 Å². The normalized spacial score (nSPS) is 23.6. The predicted molar refractivity (Wildman–Crippen MR) is 73.2 cm³/mol. The number of hydrogen-bond acceptors (Lipinski definition) is 5. The first-order valence-corrected chi connectivity index (χ1v) is 6.85. The summed E-state index contributed by atoms with van der Waals surface area (Å²) in [6.45, 7) is 1.54.